The van der Waals surface area contributed by atoms with Crippen molar-refractivity contribution in [1.29, 1.82) is 0 Å². The molecule has 4 aromatic heterocycles. The van der Waals surface area contributed by atoms with Crippen molar-refractivity contribution >= 4 is 23.1 Å². The Morgan fingerprint density at radius 2 is 2.09 bits per heavy atom. The van der Waals surface area contributed by atoms with E-state index < -0.39 is 5.69 Å². The van der Waals surface area contributed by atoms with Gasteiger partial charge in [-0.3, -0.25) is 14.9 Å². The van der Waals surface area contributed by atoms with Gasteiger partial charge < -0.3 is 10.1 Å². The highest BCUT2D eigenvalue weighted by molar-refractivity contribution is 7.10. The second-order valence-electron chi connectivity index (χ2n) is 8.47. The molecule has 1 saturated heterocycles. The van der Waals surface area contributed by atoms with Crippen molar-refractivity contribution in [2.24, 2.45) is 4.99 Å². The van der Waals surface area contributed by atoms with Gasteiger partial charge in [0.05, 0.1) is 17.9 Å². The molecule has 32 heavy (non-hydrogen) atoms. The molecule has 1 saturated carbocycles. The molecule has 9 nitrogen and oxygen atoms in total. The minimum atomic E-state index is -0.466. The third-order valence-electron chi connectivity index (χ3n) is 5.90. The summed E-state index contributed by atoms with van der Waals surface area (Å²) < 4.78 is 1.73. The number of aromatic nitrogens is 5. The Morgan fingerprint density at radius 3 is 2.84 bits per heavy atom. The molecule has 2 aliphatic rings. The number of H-pyrrole nitrogens is 2. The van der Waals surface area contributed by atoms with Crippen LogP contribution in [0.25, 0.3) is 23.0 Å². The summed E-state index contributed by atoms with van der Waals surface area (Å²) in [6, 6.07) is 4.56. The van der Waals surface area contributed by atoms with Crippen LogP contribution in [0.1, 0.15) is 36.3 Å². The largest absolute Gasteiger partial charge is 0.493 e. The average Bonchev–Trinajstić information content (AvgIpc) is 3.17. The fraction of sp³-hybridized carbons (Fsp3) is 0.364. The van der Waals surface area contributed by atoms with Crippen LogP contribution in [0.4, 0.5) is 0 Å². The summed E-state index contributed by atoms with van der Waals surface area (Å²) >= 11 is 1.76. The van der Waals surface area contributed by atoms with Gasteiger partial charge in [-0.2, -0.15) is 9.61 Å². The van der Waals surface area contributed by atoms with Gasteiger partial charge in [0.1, 0.15) is 5.69 Å². The number of hydrogen-bond donors (Lipinski definition) is 3. The number of aromatic hydroxyl groups is 1. The van der Waals surface area contributed by atoms with E-state index >= 15 is 0 Å². The zero-order valence-electron chi connectivity index (χ0n) is 17.4. The number of imidazole rings is 1. The van der Waals surface area contributed by atoms with Gasteiger partial charge in [0, 0.05) is 33.7 Å². The third-order valence-corrected chi connectivity index (χ3v) is 6.83. The lowest BCUT2D eigenvalue weighted by molar-refractivity contribution is 0.334. The van der Waals surface area contributed by atoms with Gasteiger partial charge in [-0.25, -0.2) is 9.78 Å². The van der Waals surface area contributed by atoms with E-state index in [2.05, 4.69) is 31.4 Å². The predicted molar refractivity (Wildman–Crippen MR) is 121 cm³/mol. The Bertz CT molecular complexity index is 1470. The first-order valence-electron chi connectivity index (χ1n) is 10.9. The summed E-state index contributed by atoms with van der Waals surface area (Å²) in [6.07, 6.45) is 8.09. The first-order valence-corrected chi connectivity index (χ1v) is 11.8. The standard InChI is InChI=1S/C22H23N7O2S/c30-21-18(26-22(31)27-21)8-13-10-23-29-19(24-15-3-4-15)9-17(25-20(13)29)14-7-16(32-12-14)11-28-5-1-2-6-28/h7-10,12,15,30H,1-6,11H2,(H2,26,27,31). The van der Waals surface area contributed by atoms with Crippen LogP contribution in [0.5, 0.6) is 5.88 Å². The fourth-order valence-corrected chi connectivity index (χ4v) is 5.02. The second kappa shape index (κ2) is 7.72. The van der Waals surface area contributed by atoms with Gasteiger partial charge in [-0.1, -0.05) is 0 Å². The molecule has 0 unspecified atom stereocenters. The molecule has 0 spiro atoms. The van der Waals surface area contributed by atoms with E-state index in [4.69, 9.17) is 9.98 Å². The zero-order valence-corrected chi connectivity index (χ0v) is 18.2. The van der Waals surface area contributed by atoms with Gasteiger partial charge in [0.2, 0.25) is 5.88 Å². The molecule has 6 rings (SSSR count). The van der Waals surface area contributed by atoms with E-state index in [1.54, 1.807) is 28.1 Å². The average molecular weight is 450 g/mol. The Balaban J connectivity index is 1.46. The Kier molecular flexibility index (Phi) is 4.69. The molecule has 0 amide bonds. The summed E-state index contributed by atoms with van der Waals surface area (Å²) in [5.41, 5.74) is 3.15. The molecule has 4 aromatic rings. The maximum absolute atomic E-state index is 11.5. The van der Waals surface area contributed by atoms with E-state index in [1.807, 2.05) is 6.07 Å². The van der Waals surface area contributed by atoms with Crippen LogP contribution in [-0.4, -0.2) is 53.7 Å². The highest BCUT2D eigenvalue weighted by atomic mass is 32.1. The first-order chi connectivity index (χ1) is 15.6. The van der Waals surface area contributed by atoms with Crippen molar-refractivity contribution in [3.63, 3.8) is 0 Å². The zero-order chi connectivity index (χ0) is 21.7. The number of thiophene rings is 1. The number of rotatable bonds is 5. The second-order valence-corrected chi connectivity index (χ2v) is 9.46. The highest BCUT2D eigenvalue weighted by Gasteiger charge is 2.21. The number of likely N-dealkylation sites (tertiary alicyclic amines) is 1. The van der Waals surface area contributed by atoms with Crippen molar-refractivity contribution in [3.8, 4) is 17.1 Å². The molecule has 0 atom stereocenters. The quantitative estimate of drug-likeness (QED) is 0.426. The van der Waals surface area contributed by atoms with Gasteiger partial charge in [0.25, 0.3) is 0 Å². The number of fused-ring (bicyclic) bond motifs is 1. The highest BCUT2D eigenvalue weighted by Crippen LogP contribution is 2.26. The molecule has 0 radical (unpaired) electrons. The molecule has 3 N–H and O–H groups in total. The molecule has 0 bridgehead atoms. The SMILES string of the molecule is O=c1[nH]c(O)c(C=c2cnn3c(=NC4CC4)cc(-c4csc(CN5CCCC5)c4)nc23)[nH]1. The molecule has 0 aromatic carbocycles. The van der Waals surface area contributed by atoms with Gasteiger partial charge in [-0.05, 0) is 50.9 Å². The lowest BCUT2D eigenvalue weighted by Crippen LogP contribution is -2.19. The van der Waals surface area contributed by atoms with E-state index in [0.717, 1.165) is 36.1 Å². The third kappa shape index (κ3) is 3.76. The molecule has 5 heterocycles. The van der Waals surface area contributed by atoms with E-state index in [1.165, 1.54) is 30.8 Å². The van der Waals surface area contributed by atoms with Gasteiger partial charge in [0.15, 0.2) is 11.1 Å². The van der Waals surface area contributed by atoms with Crippen molar-refractivity contribution in [1.82, 2.24) is 29.5 Å². The van der Waals surface area contributed by atoms with Crippen molar-refractivity contribution in [2.75, 3.05) is 13.1 Å². The van der Waals surface area contributed by atoms with Gasteiger partial charge in [-0.15, -0.1) is 11.3 Å². The van der Waals surface area contributed by atoms with Crippen molar-refractivity contribution < 1.29 is 5.11 Å². The van der Waals surface area contributed by atoms with Gasteiger partial charge >= 0.3 is 5.69 Å². The van der Waals surface area contributed by atoms with E-state index in [0.29, 0.717) is 22.6 Å². The molecule has 1 aliphatic carbocycles. The smallest absolute Gasteiger partial charge is 0.326 e. The Hall–Kier alpha value is -3.24. The predicted octanol–water partition coefficient (Wildman–Crippen LogP) is 1.39. The molecular weight excluding hydrogens is 426 g/mol. The number of nitrogens with zero attached hydrogens (tertiary/aromatic N) is 5. The maximum Gasteiger partial charge on any atom is 0.326 e. The summed E-state index contributed by atoms with van der Waals surface area (Å²) in [7, 11) is 0. The molecule has 10 heteroatoms. The minimum absolute atomic E-state index is 0.210. The molecule has 2 fully saturated rings. The molecule has 1 aliphatic heterocycles. The lowest BCUT2D eigenvalue weighted by Gasteiger charge is -2.12. The number of nitrogens with one attached hydrogen (secondary N) is 2. The summed E-state index contributed by atoms with van der Waals surface area (Å²) in [6.45, 7) is 3.33. The van der Waals surface area contributed by atoms with Crippen molar-refractivity contribution in [3.05, 3.63) is 55.5 Å². The maximum atomic E-state index is 11.5. The van der Waals surface area contributed by atoms with Crippen molar-refractivity contribution in [2.45, 2.75) is 38.3 Å². The van der Waals surface area contributed by atoms with Crippen LogP contribution in [0.15, 0.2) is 33.5 Å². The van der Waals surface area contributed by atoms with Crippen LogP contribution in [0.3, 0.4) is 0 Å². The summed E-state index contributed by atoms with van der Waals surface area (Å²) in [4.78, 5) is 30.0. The topological polar surface area (TPSA) is 115 Å². The fourth-order valence-electron chi connectivity index (χ4n) is 4.10. The van der Waals surface area contributed by atoms with Crippen LogP contribution in [0, 0.1) is 0 Å². The Labute approximate surface area is 186 Å². The molecule has 164 valence electrons. The van der Waals surface area contributed by atoms with E-state index in [-0.39, 0.29) is 5.88 Å². The van der Waals surface area contributed by atoms with Crippen LogP contribution in [0.2, 0.25) is 0 Å². The van der Waals surface area contributed by atoms with E-state index in [9.17, 15) is 9.90 Å². The number of aromatic amines is 2. The normalized spacial score (nSPS) is 18.4. The van der Waals surface area contributed by atoms with Crippen LogP contribution >= 0.6 is 11.3 Å². The minimum Gasteiger partial charge on any atom is -0.493 e. The molecular formula is C22H23N7O2S. The summed E-state index contributed by atoms with van der Waals surface area (Å²) in [5, 5.41) is 17.3. The summed E-state index contributed by atoms with van der Waals surface area (Å²) in [5.74, 6) is -0.210. The monoisotopic (exact) mass is 449 g/mol. The number of hydrogen-bond acceptors (Lipinski definition) is 7. The van der Waals surface area contributed by atoms with Crippen LogP contribution < -0.4 is 16.4 Å². The first kappa shape index (κ1) is 19.4. The van der Waals surface area contributed by atoms with Crippen LogP contribution in [-0.2, 0) is 6.54 Å². The lowest BCUT2D eigenvalue weighted by atomic mass is 10.2. The Morgan fingerprint density at radius 1 is 1.25 bits per heavy atom.